The summed E-state index contributed by atoms with van der Waals surface area (Å²) in [5.41, 5.74) is 0. The molecule has 0 aliphatic carbocycles. The molecule has 0 aromatic heterocycles. The van der Waals surface area contributed by atoms with Gasteiger partial charge in [-0.15, -0.1) is 0 Å². The van der Waals surface area contributed by atoms with Crippen molar-refractivity contribution in [2.75, 3.05) is 6.61 Å². The predicted molar refractivity (Wildman–Crippen MR) is 56.1 cm³/mol. The van der Waals surface area contributed by atoms with Crippen LogP contribution < -0.4 is 0 Å². The fourth-order valence-corrected chi connectivity index (χ4v) is 1.36. The van der Waals surface area contributed by atoms with Gasteiger partial charge in [0.05, 0.1) is 12.7 Å². The standard InChI is InChI=1S/C11H11F11O/c1-2-23-5-6(12)3-8(14,15)7(13)4-9(16,17)10(18,19)11(20,21)22/h2,6-7H,1,3-5H2. The van der Waals surface area contributed by atoms with Gasteiger partial charge in [-0.05, 0) is 0 Å². The summed E-state index contributed by atoms with van der Waals surface area (Å²) in [6, 6.07) is 0. The van der Waals surface area contributed by atoms with Gasteiger partial charge in [-0.1, -0.05) is 6.58 Å². The molecule has 23 heavy (non-hydrogen) atoms. The quantitative estimate of drug-likeness (QED) is 0.408. The first-order valence-electron chi connectivity index (χ1n) is 5.79. The third-order valence-electron chi connectivity index (χ3n) is 2.60. The van der Waals surface area contributed by atoms with Crippen molar-refractivity contribution >= 4 is 0 Å². The molecule has 2 atom stereocenters. The minimum Gasteiger partial charge on any atom is -0.499 e. The molecule has 0 aromatic carbocycles. The van der Waals surface area contributed by atoms with E-state index in [9.17, 15) is 48.3 Å². The Balaban J connectivity index is 5.02. The lowest BCUT2D eigenvalue weighted by molar-refractivity contribution is -0.359. The molecule has 0 saturated carbocycles. The molecule has 0 heterocycles. The SMILES string of the molecule is C=COCC(F)CC(F)(F)C(F)CC(F)(F)C(F)(F)C(F)(F)F. The highest BCUT2D eigenvalue weighted by Crippen LogP contribution is 2.50. The first-order chi connectivity index (χ1) is 10.1. The summed E-state index contributed by atoms with van der Waals surface area (Å²) in [5, 5.41) is 0. The fraction of sp³-hybridized carbons (Fsp3) is 0.818. The maximum atomic E-state index is 13.2. The van der Waals surface area contributed by atoms with E-state index in [1.54, 1.807) is 0 Å². The summed E-state index contributed by atoms with van der Waals surface area (Å²) in [6.45, 7) is 1.87. The lowest BCUT2D eigenvalue weighted by Crippen LogP contribution is -2.54. The Kier molecular flexibility index (Phi) is 6.74. The van der Waals surface area contributed by atoms with Crippen LogP contribution in [0.5, 0.6) is 0 Å². The molecule has 0 N–H and O–H groups in total. The molecule has 2 unspecified atom stereocenters. The van der Waals surface area contributed by atoms with Crippen molar-refractivity contribution in [2.24, 2.45) is 0 Å². The van der Waals surface area contributed by atoms with Gasteiger partial charge in [-0.25, -0.2) is 17.6 Å². The van der Waals surface area contributed by atoms with Crippen molar-refractivity contribution < 1.29 is 53.0 Å². The van der Waals surface area contributed by atoms with Gasteiger partial charge in [0, 0.05) is 6.42 Å². The van der Waals surface area contributed by atoms with E-state index < -0.39 is 55.7 Å². The molecule has 138 valence electrons. The number of halogens is 11. The molecule has 0 bridgehead atoms. The highest BCUT2D eigenvalue weighted by atomic mass is 19.4. The Labute approximate surface area is 123 Å². The average molecular weight is 368 g/mol. The van der Waals surface area contributed by atoms with Crippen molar-refractivity contribution in [3.63, 3.8) is 0 Å². The van der Waals surface area contributed by atoms with Crippen LogP contribution in [0.1, 0.15) is 12.8 Å². The van der Waals surface area contributed by atoms with Crippen molar-refractivity contribution in [3.05, 3.63) is 12.8 Å². The Morgan fingerprint density at radius 3 is 1.74 bits per heavy atom. The summed E-state index contributed by atoms with van der Waals surface area (Å²) in [6.07, 6.45) is -18.0. The molecular weight excluding hydrogens is 357 g/mol. The third kappa shape index (κ3) is 5.41. The Hall–Kier alpha value is -1.23. The van der Waals surface area contributed by atoms with E-state index in [-0.39, 0.29) is 0 Å². The van der Waals surface area contributed by atoms with Crippen LogP contribution in [0.2, 0.25) is 0 Å². The van der Waals surface area contributed by atoms with E-state index in [4.69, 9.17) is 0 Å². The number of alkyl halides is 11. The molecule has 0 saturated heterocycles. The summed E-state index contributed by atoms with van der Waals surface area (Å²) in [7, 11) is 0. The average Bonchev–Trinajstić information content (AvgIpc) is 2.33. The van der Waals surface area contributed by atoms with Gasteiger partial charge in [-0.3, -0.25) is 0 Å². The zero-order valence-electron chi connectivity index (χ0n) is 11.1. The van der Waals surface area contributed by atoms with E-state index in [2.05, 4.69) is 11.3 Å². The zero-order valence-corrected chi connectivity index (χ0v) is 11.1. The van der Waals surface area contributed by atoms with Crippen LogP contribution in [0.3, 0.4) is 0 Å². The first kappa shape index (κ1) is 21.8. The van der Waals surface area contributed by atoms with Crippen molar-refractivity contribution in [3.8, 4) is 0 Å². The molecule has 12 heteroatoms. The molecule has 0 aliphatic heterocycles. The molecule has 0 radical (unpaired) electrons. The van der Waals surface area contributed by atoms with Crippen LogP contribution in [0.4, 0.5) is 48.3 Å². The van der Waals surface area contributed by atoms with Gasteiger partial charge in [0.25, 0.3) is 5.92 Å². The van der Waals surface area contributed by atoms with Gasteiger partial charge in [0.1, 0.15) is 12.8 Å². The Morgan fingerprint density at radius 1 is 0.870 bits per heavy atom. The maximum absolute atomic E-state index is 13.2. The lowest BCUT2D eigenvalue weighted by atomic mass is 9.98. The maximum Gasteiger partial charge on any atom is 0.459 e. The van der Waals surface area contributed by atoms with E-state index in [1.165, 1.54) is 0 Å². The molecule has 0 amide bonds. The lowest BCUT2D eigenvalue weighted by Gasteiger charge is -2.31. The van der Waals surface area contributed by atoms with E-state index in [0.717, 1.165) is 0 Å². The molecule has 0 rings (SSSR count). The molecule has 0 fully saturated rings. The minimum absolute atomic E-state index is 0.635. The zero-order chi connectivity index (χ0) is 18.7. The van der Waals surface area contributed by atoms with Crippen molar-refractivity contribution in [1.29, 1.82) is 0 Å². The van der Waals surface area contributed by atoms with Gasteiger partial charge >= 0.3 is 18.0 Å². The molecule has 0 aromatic rings. The monoisotopic (exact) mass is 368 g/mol. The summed E-state index contributed by atoms with van der Waals surface area (Å²) in [5.74, 6) is -17.8. The van der Waals surface area contributed by atoms with Crippen molar-refractivity contribution in [1.82, 2.24) is 0 Å². The highest BCUT2D eigenvalue weighted by molar-refractivity contribution is 4.95. The number of hydrogen-bond acceptors (Lipinski definition) is 1. The number of rotatable bonds is 9. The molecule has 0 spiro atoms. The minimum atomic E-state index is -6.77. The molecule has 0 aliphatic rings. The third-order valence-corrected chi connectivity index (χ3v) is 2.60. The fourth-order valence-electron chi connectivity index (χ4n) is 1.36. The van der Waals surface area contributed by atoms with Crippen LogP contribution in [0.25, 0.3) is 0 Å². The molecule has 1 nitrogen and oxygen atoms in total. The van der Waals surface area contributed by atoms with E-state index in [0.29, 0.717) is 6.26 Å². The highest BCUT2D eigenvalue weighted by Gasteiger charge is 2.73. The largest absolute Gasteiger partial charge is 0.499 e. The molecular formula is C11H11F11O. The van der Waals surface area contributed by atoms with E-state index >= 15 is 0 Å². The van der Waals surface area contributed by atoms with Gasteiger partial charge in [-0.2, -0.15) is 30.7 Å². The number of hydrogen-bond donors (Lipinski definition) is 0. The number of ether oxygens (including phenoxy) is 1. The van der Waals surface area contributed by atoms with Crippen LogP contribution >= 0.6 is 0 Å². The van der Waals surface area contributed by atoms with Gasteiger partial charge in [0.2, 0.25) is 0 Å². The topological polar surface area (TPSA) is 9.23 Å². The second-order valence-electron chi connectivity index (χ2n) is 4.51. The van der Waals surface area contributed by atoms with Crippen LogP contribution in [-0.4, -0.2) is 42.9 Å². The summed E-state index contributed by atoms with van der Waals surface area (Å²) >= 11 is 0. The van der Waals surface area contributed by atoms with Gasteiger partial charge in [0.15, 0.2) is 6.17 Å². The van der Waals surface area contributed by atoms with Gasteiger partial charge < -0.3 is 4.74 Å². The van der Waals surface area contributed by atoms with Crippen LogP contribution in [-0.2, 0) is 4.74 Å². The predicted octanol–water partition coefficient (Wildman–Crippen LogP) is 5.07. The Bertz CT molecular complexity index is 390. The smallest absolute Gasteiger partial charge is 0.459 e. The first-order valence-corrected chi connectivity index (χ1v) is 5.79. The Morgan fingerprint density at radius 2 is 1.35 bits per heavy atom. The van der Waals surface area contributed by atoms with Crippen LogP contribution in [0, 0.1) is 0 Å². The second kappa shape index (κ2) is 7.12. The van der Waals surface area contributed by atoms with Crippen molar-refractivity contribution in [2.45, 2.75) is 49.1 Å². The normalized spacial score (nSPS) is 16.8. The van der Waals surface area contributed by atoms with Crippen LogP contribution in [0.15, 0.2) is 12.8 Å². The van der Waals surface area contributed by atoms with E-state index in [1.807, 2.05) is 0 Å². The summed E-state index contributed by atoms with van der Waals surface area (Å²) in [4.78, 5) is 0. The summed E-state index contributed by atoms with van der Waals surface area (Å²) < 4.78 is 143. The second-order valence-corrected chi connectivity index (χ2v) is 4.51.